The second kappa shape index (κ2) is 5.76. The predicted octanol–water partition coefficient (Wildman–Crippen LogP) is 2.31. The SMILES string of the molecule is CN(c1ccn(C)n1)S(=O)(=O)CCC1CCc2ccccc21. The number of anilines is 1. The number of aryl methyl sites for hydroxylation is 2. The van der Waals surface area contributed by atoms with E-state index in [0.29, 0.717) is 18.2 Å². The maximum atomic E-state index is 12.5. The quantitative estimate of drug-likeness (QED) is 0.850. The van der Waals surface area contributed by atoms with Crippen molar-refractivity contribution in [3.63, 3.8) is 0 Å². The van der Waals surface area contributed by atoms with Crippen LogP contribution in [0.5, 0.6) is 0 Å². The van der Waals surface area contributed by atoms with Crippen molar-refractivity contribution in [1.29, 1.82) is 0 Å². The van der Waals surface area contributed by atoms with Crippen LogP contribution in [0.2, 0.25) is 0 Å². The highest BCUT2D eigenvalue weighted by Crippen LogP contribution is 2.35. The van der Waals surface area contributed by atoms with Crippen molar-refractivity contribution in [3.05, 3.63) is 47.7 Å². The van der Waals surface area contributed by atoms with Gasteiger partial charge < -0.3 is 0 Å². The zero-order valence-electron chi connectivity index (χ0n) is 12.9. The minimum Gasteiger partial charge on any atom is -0.274 e. The third-order valence-electron chi connectivity index (χ3n) is 4.42. The lowest BCUT2D eigenvalue weighted by Crippen LogP contribution is -2.30. The lowest BCUT2D eigenvalue weighted by molar-refractivity contribution is 0.580. The molecule has 1 atom stereocenters. The van der Waals surface area contributed by atoms with Crippen LogP contribution in [0.15, 0.2) is 36.5 Å². The molecule has 1 aromatic heterocycles. The fourth-order valence-corrected chi connectivity index (χ4v) is 4.33. The molecule has 0 radical (unpaired) electrons. The van der Waals surface area contributed by atoms with Crippen LogP contribution in [0.4, 0.5) is 5.82 Å². The molecule has 0 aliphatic heterocycles. The number of fused-ring (bicyclic) bond motifs is 1. The summed E-state index contributed by atoms with van der Waals surface area (Å²) in [7, 11) is 0.0144. The van der Waals surface area contributed by atoms with Crippen LogP contribution < -0.4 is 4.31 Å². The van der Waals surface area contributed by atoms with Gasteiger partial charge >= 0.3 is 0 Å². The van der Waals surface area contributed by atoms with Gasteiger partial charge in [-0.05, 0) is 36.3 Å². The maximum Gasteiger partial charge on any atom is 0.236 e. The molecule has 1 aliphatic carbocycles. The van der Waals surface area contributed by atoms with Crippen LogP contribution in [0.3, 0.4) is 0 Å². The van der Waals surface area contributed by atoms with Gasteiger partial charge in [-0.3, -0.25) is 8.99 Å². The molecule has 2 aromatic rings. The maximum absolute atomic E-state index is 12.5. The Labute approximate surface area is 131 Å². The van der Waals surface area contributed by atoms with Gasteiger partial charge in [0.15, 0.2) is 5.82 Å². The van der Waals surface area contributed by atoms with E-state index in [-0.39, 0.29) is 5.75 Å². The van der Waals surface area contributed by atoms with Gasteiger partial charge in [0.25, 0.3) is 0 Å². The lowest BCUT2D eigenvalue weighted by Gasteiger charge is -2.18. The normalized spacial score (nSPS) is 17.5. The number of aromatic nitrogens is 2. The Morgan fingerprint density at radius 1 is 1.32 bits per heavy atom. The number of rotatable bonds is 5. The molecule has 0 saturated carbocycles. The summed E-state index contributed by atoms with van der Waals surface area (Å²) in [5.41, 5.74) is 2.68. The molecule has 1 aromatic carbocycles. The highest BCUT2D eigenvalue weighted by Gasteiger charge is 2.26. The van der Waals surface area contributed by atoms with Gasteiger partial charge in [0.2, 0.25) is 10.0 Å². The molecule has 0 fully saturated rings. The molecule has 0 spiro atoms. The molecule has 1 unspecified atom stereocenters. The molecule has 0 amide bonds. The number of sulfonamides is 1. The molecule has 22 heavy (non-hydrogen) atoms. The summed E-state index contributed by atoms with van der Waals surface area (Å²) in [5, 5.41) is 4.16. The van der Waals surface area contributed by atoms with Crippen molar-refractivity contribution >= 4 is 15.8 Å². The van der Waals surface area contributed by atoms with Crippen LogP contribution in [-0.4, -0.2) is 31.0 Å². The van der Waals surface area contributed by atoms with Crippen molar-refractivity contribution in [2.75, 3.05) is 17.1 Å². The van der Waals surface area contributed by atoms with Gasteiger partial charge in [-0.25, -0.2) is 8.42 Å². The van der Waals surface area contributed by atoms with Gasteiger partial charge in [-0.15, -0.1) is 0 Å². The number of hydrogen-bond donors (Lipinski definition) is 0. The summed E-state index contributed by atoms with van der Waals surface area (Å²) in [6.07, 6.45) is 4.50. The van der Waals surface area contributed by atoms with E-state index in [4.69, 9.17) is 0 Å². The Bertz CT molecular complexity index is 767. The average Bonchev–Trinajstić information content (AvgIpc) is 3.11. The second-order valence-electron chi connectivity index (χ2n) is 5.85. The molecule has 0 bridgehead atoms. The van der Waals surface area contributed by atoms with Crippen LogP contribution in [-0.2, 0) is 23.5 Å². The molecule has 0 N–H and O–H groups in total. The molecular weight excluding hydrogens is 298 g/mol. The van der Waals surface area contributed by atoms with Gasteiger partial charge in [-0.1, -0.05) is 24.3 Å². The number of benzene rings is 1. The smallest absolute Gasteiger partial charge is 0.236 e. The lowest BCUT2D eigenvalue weighted by atomic mass is 9.99. The largest absolute Gasteiger partial charge is 0.274 e. The standard InChI is InChI=1S/C16H21N3O2S/c1-18-11-9-16(17-18)19(2)22(20,21)12-10-14-8-7-13-5-3-4-6-15(13)14/h3-6,9,11,14H,7-8,10,12H2,1-2H3. The topological polar surface area (TPSA) is 55.2 Å². The Balaban J connectivity index is 1.68. The summed E-state index contributed by atoms with van der Waals surface area (Å²) in [5.74, 6) is 0.969. The van der Waals surface area contributed by atoms with Crippen molar-refractivity contribution in [3.8, 4) is 0 Å². The van der Waals surface area contributed by atoms with E-state index in [1.54, 1.807) is 31.0 Å². The minimum absolute atomic E-state index is 0.152. The molecule has 3 rings (SSSR count). The second-order valence-corrected chi connectivity index (χ2v) is 7.97. The first-order valence-corrected chi connectivity index (χ1v) is 9.12. The van der Waals surface area contributed by atoms with Crippen LogP contribution in [0.25, 0.3) is 0 Å². The minimum atomic E-state index is -3.33. The Hall–Kier alpha value is -1.82. The summed E-state index contributed by atoms with van der Waals surface area (Å²) >= 11 is 0. The third-order valence-corrected chi connectivity index (χ3v) is 6.19. The van der Waals surface area contributed by atoms with E-state index >= 15 is 0 Å². The summed E-state index contributed by atoms with van der Waals surface area (Å²) < 4.78 is 27.9. The molecule has 0 saturated heterocycles. The van der Waals surface area contributed by atoms with Crippen LogP contribution in [0, 0.1) is 0 Å². The third kappa shape index (κ3) is 2.88. The van der Waals surface area contributed by atoms with Crippen molar-refractivity contribution in [2.45, 2.75) is 25.2 Å². The van der Waals surface area contributed by atoms with Gasteiger partial charge in [-0.2, -0.15) is 5.10 Å². The van der Waals surface area contributed by atoms with Gasteiger partial charge in [0.1, 0.15) is 0 Å². The summed E-state index contributed by atoms with van der Waals surface area (Å²) in [4.78, 5) is 0. The van der Waals surface area contributed by atoms with E-state index < -0.39 is 10.0 Å². The average molecular weight is 319 g/mol. The first-order chi connectivity index (χ1) is 10.5. The molecule has 1 heterocycles. The highest BCUT2D eigenvalue weighted by molar-refractivity contribution is 7.92. The van der Waals surface area contributed by atoms with E-state index in [2.05, 4.69) is 17.2 Å². The van der Waals surface area contributed by atoms with E-state index in [9.17, 15) is 8.42 Å². The predicted molar refractivity (Wildman–Crippen MR) is 87.5 cm³/mol. The van der Waals surface area contributed by atoms with Crippen LogP contribution in [0.1, 0.15) is 29.9 Å². The van der Waals surface area contributed by atoms with E-state index in [0.717, 1.165) is 12.8 Å². The van der Waals surface area contributed by atoms with Gasteiger partial charge in [0.05, 0.1) is 5.75 Å². The van der Waals surface area contributed by atoms with Crippen LogP contribution >= 0.6 is 0 Å². The first kappa shape index (κ1) is 15.1. The Kier molecular flexibility index (Phi) is 3.95. The van der Waals surface area contributed by atoms with Crippen molar-refractivity contribution < 1.29 is 8.42 Å². The fourth-order valence-electron chi connectivity index (χ4n) is 3.09. The molecule has 1 aliphatic rings. The summed E-state index contributed by atoms with van der Waals surface area (Å²) in [6, 6.07) is 10.1. The molecule has 5 nitrogen and oxygen atoms in total. The molecule has 118 valence electrons. The fraction of sp³-hybridized carbons (Fsp3) is 0.438. The van der Waals surface area contributed by atoms with E-state index in [1.165, 1.54) is 15.4 Å². The Morgan fingerprint density at radius 3 is 2.82 bits per heavy atom. The van der Waals surface area contributed by atoms with Crippen molar-refractivity contribution in [2.24, 2.45) is 7.05 Å². The highest BCUT2D eigenvalue weighted by atomic mass is 32.2. The monoisotopic (exact) mass is 319 g/mol. The number of hydrogen-bond acceptors (Lipinski definition) is 3. The molecule has 6 heteroatoms. The zero-order valence-corrected chi connectivity index (χ0v) is 13.8. The Morgan fingerprint density at radius 2 is 2.09 bits per heavy atom. The molecular formula is C16H21N3O2S. The number of nitrogens with zero attached hydrogens (tertiary/aromatic N) is 3. The van der Waals surface area contributed by atoms with Gasteiger partial charge in [0, 0.05) is 26.4 Å². The summed E-state index contributed by atoms with van der Waals surface area (Å²) in [6.45, 7) is 0. The van der Waals surface area contributed by atoms with Crippen molar-refractivity contribution in [1.82, 2.24) is 9.78 Å². The zero-order chi connectivity index (χ0) is 15.7. The first-order valence-electron chi connectivity index (χ1n) is 7.51. The van der Waals surface area contributed by atoms with E-state index in [1.807, 2.05) is 12.1 Å².